The Morgan fingerprint density at radius 1 is 1.41 bits per heavy atom. The van der Waals surface area contributed by atoms with Crippen molar-refractivity contribution in [3.63, 3.8) is 0 Å². The van der Waals surface area contributed by atoms with Crippen LogP contribution in [-0.4, -0.2) is 36.9 Å². The molecule has 0 atom stereocenters. The lowest BCUT2D eigenvalue weighted by molar-refractivity contribution is -0.110. The second-order valence-electron chi connectivity index (χ2n) is 5.56. The van der Waals surface area contributed by atoms with E-state index in [-0.39, 0.29) is 33.2 Å². The maximum atomic E-state index is 13.0. The number of halogens is 1. The number of nitrogens with zero attached hydrogens (tertiary/aromatic N) is 3. The van der Waals surface area contributed by atoms with Crippen LogP contribution in [0.1, 0.15) is 18.4 Å². The highest BCUT2D eigenvalue weighted by molar-refractivity contribution is 7.92. The summed E-state index contributed by atoms with van der Waals surface area (Å²) in [6.07, 6.45) is 2.25. The van der Waals surface area contributed by atoms with Gasteiger partial charge in [-0.25, -0.2) is 13.4 Å². The molecule has 0 saturated heterocycles. The molecule has 0 bridgehead atoms. The molecule has 1 amide bonds. The van der Waals surface area contributed by atoms with Gasteiger partial charge in [0.1, 0.15) is 6.07 Å². The highest BCUT2D eigenvalue weighted by Gasteiger charge is 2.36. The van der Waals surface area contributed by atoms with Crippen molar-refractivity contribution in [2.24, 2.45) is 5.16 Å². The fourth-order valence-electron chi connectivity index (χ4n) is 2.19. The minimum absolute atomic E-state index is 0.0263. The Balaban J connectivity index is 1.85. The number of amides is 1. The Morgan fingerprint density at radius 3 is 2.67 bits per heavy atom. The molecule has 1 fully saturated rings. The molecule has 0 spiro atoms. The number of carbonyl (C=O) groups excluding carboxylic acids is 1. The predicted molar refractivity (Wildman–Crippen MR) is 95.5 cm³/mol. The molecular weight excluding hydrogens is 395 g/mol. The summed E-state index contributed by atoms with van der Waals surface area (Å²) in [6.45, 7) is -0.378. The molecule has 1 heterocycles. The first-order valence-corrected chi connectivity index (χ1v) is 10.1. The third-order valence-corrected chi connectivity index (χ3v) is 6.60. The Morgan fingerprint density at radius 2 is 2.11 bits per heavy atom. The molecule has 2 aromatic rings. The van der Waals surface area contributed by atoms with Crippen LogP contribution in [0.2, 0.25) is 0 Å². The molecule has 1 aromatic carbocycles. The molecule has 1 saturated carbocycles. The van der Waals surface area contributed by atoms with Gasteiger partial charge >= 0.3 is 0 Å². The van der Waals surface area contributed by atoms with E-state index in [1.165, 1.54) is 24.3 Å². The fourth-order valence-corrected chi connectivity index (χ4v) is 4.39. The number of thiazole rings is 1. The van der Waals surface area contributed by atoms with Gasteiger partial charge in [-0.1, -0.05) is 28.6 Å². The number of carbonyl (C=O) groups is 1. The standard InChI is InChI=1S/C16H13FN4O4S2/c17-13-9-19-16(26-13)20-15(22)14(21-25-8-7-18)10-1-3-11(4-2-10)27(23,24)12-5-6-12/h1-4,9,12H,5-6,8H2,(H,19,20,22)/b21-14+. The van der Waals surface area contributed by atoms with Crippen LogP contribution in [0, 0.1) is 16.5 Å². The van der Waals surface area contributed by atoms with Gasteiger partial charge in [0.2, 0.25) is 6.61 Å². The van der Waals surface area contributed by atoms with E-state index in [2.05, 4.69) is 15.5 Å². The number of rotatable bonds is 7. The third kappa shape index (κ3) is 4.47. The van der Waals surface area contributed by atoms with Crippen molar-refractivity contribution in [1.29, 1.82) is 5.26 Å². The van der Waals surface area contributed by atoms with Crippen molar-refractivity contribution in [2.45, 2.75) is 23.0 Å². The average Bonchev–Trinajstić information content (AvgIpc) is 3.43. The summed E-state index contributed by atoms with van der Waals surface area (Å²) in [7, 11) is -3.36. The highest BCUT2D eigenvalue weighted by Crippen LogP contribution is 2.33. The summed E-state index contributed by atoms with van der Waals surface area (Å²) < 4.78 is 37.5. The van der Waals surface area contributed by atoms with Gasteiger partial charge in [-0.2, -0.15) is 9.65 Å². The van der Waals surface area contributed by atoms with Crippen LogP contribution < -0.4 is 5.32 Å². The first-order valence-electron chi connectivity index (χ1n) is 7.75. The number of oxime groups is 1. The summed E-state index contributed by atoms with van der Waals surface area (Å²) in [5, 5.41) is 13.7. The topological polar surface area (TPSA) is 122 Å². The van der Waals surface area contributed by atoms with Gasteiger partial charge in [-0.3, -0.25) is 10.1 Å². The Labute approximate surface area is 158 Å². The van der Waals surface area contributed by atoms with Gasteiger partial charge in [-0.15, -0.1) is 0 Å². The Bertz CT molecular complexity index is 1020. The van der Waals surface area contributed by atoms with Crippen molar-refractivity contribution in [3.05, 3.63) is 41.2 Å². The van der Waals surface area contributed by atoms with Gasteiger partial charge in [0.05, 0.1) is 16.3 Å². The molecule has 1 aliphatic carbocycles. The van der Waals surface area contributed by atoms with E-state index in [1.54, 1.807) is 6.07 Å². The van der Waals surface area contributed by atoms with Crippen molar-refractivity contribution in [1.82, 2.24) is 4.98 Å². The van der Waals surface area contributed by atoms with Crippen LogP contribution in [0.4, 0.5) is 9.52 Å². The lowest BCUT2D eigenvalue weighted by Gasteiger charge is -2.07. The molecule has 140 valence electrons. The smallest absolute Gasteiger partial charge is 0.280 e. The largest absolute Gasteiger partial charge is 0.380 e. The minimum Gasteiger partial charge on any atom is -0.380 e. The summed E-state index contributed by atoms with van der Waals surface area (Å²) in [6, 6.07) is 7.34. The van der Waals surface area contributed by atoms with E-state index >= 15 is 0 Å². The van der Waals surface area contributed by atoms with Crippen molar-refractivity contribution in [3.8, 4) is 6.07 Å². The molecule has 11 heteroatoms. The van der Waals surface area contributed by atoms with Crippen LogP contribution in [0.25, 0.3) is 0 Å². The molecule has 8 nitrogen and oxygen atoms in total. The number of anilines is 1. The summed E-state index contributed by atoms with van der Waals surface area (Å²) >= 11 is 0.636. The molecule has 1 aromatic heterocycles. The number of hydrogen-bond acceptors (Lipinski definition) is 8. The van der Waals surface area contributed by atoms with Gasteiger partial charge < -0.3 is 4.84 Å². The van der Waals surface area contributed by atoms with Crippen LogP contribution >= 0.6 is 11.3 Å². The molecule has 0 unspecified atom stereocenters. The molecule has 0 radical (unpaired) electrons. The quantitative estimate of drug-likeness (QED) is 0.425. The van der Waals surface area contributed by atoms with Crippen LogP contribution in [0.3, 0.4) is 0 Å². The third-order valence-electron chi connectivity index (χ3n) is 3.62. The molecule has 1 aliphatic rings. The molecule has 1 N–H and O–H groups in total. The van der Waals surface area contributed by atoms with Gasteiger partial charge in [-0.05, 0) is 25.0 Å². The lowest BCUT2D eigenvalue weighted by Crippen LogP contribution is -2.24. The lowest BCUT2D eigenvalue weighted by atomic mass is 10.1. The molecule has 0 aliphatic heterocycles. The van der Waals surface area contributed by atoms with Crippen molar-refractivity contribution in [2.75, 3.05) is 11.9 Å². The number of benzene rings is 1. The summed E-state index contributed by atoms with van der Waals surface area (Å²) in [5.41, 5.74) is 0.0773. The van der Waals surface area contributed by atoms with Crippen molar-refractivity contribution < 1.29 is 22.4 Å². The van der Waals surface area contributed by atoms with E-state index in [0.717, 1.165) is 6.20 Å². The van der Waals surface area contributed by atoms with Gasteiger partial charge in [0.15, 0.2) is 25.8 Å². The van der Waals surface area contributed by atoms with Gasteiger partial charge in [0.25, 0.3) is 5.91 Å². The first-order chi connectivity index (χ1) is 12.9. The highest BCUT2D eigenvalue weighted by atomic mass is 32.2. The van der Waals surface area contributed by atoms with Gasteiger partial charge in [0, 0.05) is 5.56 Å². The molecule has 27 heavy (non-hydrogen) atoms. The fraction of sp³-hybridized carbons (Fsp3) is 0.250. The number of sulfone groups is 1. The maximum absolute atomic E-state index is 13.0. The number of aromatic nitrogens is 1. The SMILES string of the molecule is N#CCO/N=C(/C(=O)Nc1ncc(F)s1)c1ccc(S(=O)(=O)C2CC2)cc1. The number of hydrogen-bond donors (Lipinski definition) is 1. The number of nitrogens with one attached hydrogen (secondary N) is 1. The second kappa shape index (κ2) is 7.81. The average molecular weight is 408 g/mol. The molecule has 3 rings (SSSR count). The zero-order chi connectivity index (χ0) is 19.4. The van der Waals surface area contributed by atoms with Crippen LogP contribution in [-0.2, 0) is 19.5 Å². The zero-order valence-electron chi connectivity index (χ0n) is 13.8. The van der Waals surface area contributed by atoms with Crippen LogP contribution in [0.15, 0.2) is 40.5 Å². The summed E-state index contributed by atoms with van der Waals surface area (Å²) in [4.78, 5) is 21.0. The van der Waals surface area contributed by atoms with Crippen LogP contribution in [0.5, 0.6) is 0 Å². The predicted octanol–water partition coefficient (Wildman–Crippen LogP) is 2.10. The Hall–Kier alpha value is -2.84. The van der Waals surface area contributed by atoms with E-state index in [1.807, 2.05) is 0 Å². The minimum atomic E-state index is -3.36. The Kier molecular flexibility index (Phi) is 5.48. The normalized spacial score (nSPS) is 14.4. The second-order valence-corrected chi connectivity index (χ2v) is 8.77. The van der Waals surface area contributed by atoms with E-state index in [9.17, 15) is 17.6 Å². The number of nitriles is 1. The van der Waals surface area contributed by atoms with E-state index in [4.69, 9.17) is 10.1 Å². The monoisotopic (exact) mass is 408 g/mol. The van der Waals surface area contributed by atoms with Crippen molar-refractivity contribution >= 4 is 37.9 Å². The summed E-state index contributed by atoms with van der Waals surface area (Å²) in [5.74, 6) is -0.736. The maximum Gasteiger partial charge on any atom is 0.280 e. The zero-order valence-corrected chi connectivity index (χ0v) is 15.4. The van der Waals surface area contributed by atoms with E-state index < -0.39 is 20.9 Å². The first kappa shape index (κ1) is 18.9. The van der Waals surface area contributed by atoms with E-state index in [0.29, 0.717) is 24.2 Å². The molecular formula is C16H13FN4O4S2.